The number of carbonyl (C=O) groups excluding carboxylic acids is 1. The van der Waals surface area contributed by atoms with Gasteiger partial charge in [-0.2, -0.15) is 5.26 Å². The molecule has 0 radical (unpaired) electrons. The largest absolute Gasteiger partial charge is 0.314 e. The zero-order valence-corrected chi connectivity index (χ0v) is 10.1. The fourth-order valence-corrected chi connectivity index (χ4v) is 1.49. The molecular weight excluding hydrogens is 236 g/mol. The van der Waals surface area contributed by atoms with E-state index in [1.807, 2.05) is 36.4 Å². The number of nitrogens with one attached hydrogen (secondary N) is 1. The molecule has 3 nitrogen and oxygen atoms in total. The summed E-state index contributed by atoms with van der Waals surface area (Å²) in [4.78, 5) is 11.7. The van der Waals surface area contributed by atoms with E-state index >= 15 is 0 Å². The predicted molar refractivity (Wildman–Crippen MR) is 73.1 cm³/mol. The molecular formula is C16H10N2O. The highest BCUT2D eigenvalue weighted by Crippen LogP contribution is 2.12. The minimum absolute atomic E-state index is 0.414. The molecule has 0 unspecified atom stereocenters. The van der Waals surface area contributed by atoms with Gasteiger partial charge in [-0.05, 0) is 24.3 Å². The number of para-hydroxylation sites is 1. The minimum atomic E-state index is -0.438. The molecule has 0 spiro atoms. The van der Waals surface area contributed by atoms with E-state index in [-0.39, 0.29) is 0 Å². The fourth-order valence-electron chi connectivity index (χ4n) is 1.49. The fraction of sp³-hybridized carbons (Fsp3) is 0. The van der Waals surface area contributed by atoms with E-state index < -0.39 is 5.91 Å². The van der Waals surface area contributed by atoms with Crippen molar-refractivity contribution >= 4 is 11.6 Å². The summed E-state index contributed by atoms with van der Waals surface area (Å²) in [7, 11) is 0. The standard InChI is InChI=1S/C16H10N2O/c17-12-14-8-4-5-9-15(14)18-16(19)11-10-13-6-2-1-3-7-13/h1-9H,(H,18,19). The third kappa shape index (κ3) is 3.46. The van der Waals surface area contributed by atoms with Gasteiger partial charge in [0.1, 0.15) is 6.07 Å². The number of hydrogen-bond donors (Lipinski definition) is 1. The Morgan fingerprint density at radius 2 is 1.68 bits per heavy atom. The lowest BCUT2D eigenvalue weighted by molar-refractivity contribution is -0.111. The number of hydrogen-bond acceptors (Lipinski definition) is 2. The number of nitriles is 1. The molecule has 0 saturated carbocycles. The highest BCUT2D eigenvalue weighted by molar-refractivity contribution is 6.04. The minimum Gasteiger partial charge on any atom is -0.314 e. The number of anilines is 1. The lowest BCUT2D eigenvalue weighted by Gasteiger charge is -2.01. The van der Waals surface area contributed by atoms with E-state index in [1.165, 1.54) is 0 Å². The molecule has 2 aromatic rings. The molecule has 0 aliphatic carbocycles. The molecule has 0 saturated heterocycles. The number of rotatable bonds is 1. The molecule has 0 atom stereocenters. The normalized spacial score (nSPS) is 8.79. The number of amides is 1. The third-order valence-corrected chi connectivity index (χ3v) is 2.39. The van der Waals surface area contributed by atoms with Crippen LogP contribution >= 0.6 is 0 Å². The molecule has 2 aromatic carbocycles. The summed E-state index contributed by atoms with van der Waals surface area (Å²) in [6.07, 6.45) is 0. The maximum atomic E-state index is 11.7. The molecule has 0 fully saturated rings. The number of benzene rings is 2. The van der Waals surface area contributed by atoms with Crippen LogP contribution in [-0.2, 0) is 4.79 Å². The van der Waals surface area contributed by atoms with Gasteiger partial charge in [-0.25, -0.2) is 0 Å². The molecule has 0 bridgehead atoms. The topological polar surface area (TPSA) is 52.9 Å². The highest BCUT2D eigenvalue weighted by atomic mass is 16.1. The molecule has 1 amide bonds. The first kappa shape index (κ1) is 12.4. The first-order chi connectivity index (χ1) is 9.29. The van der Waals surface area contributed by atoms with Crippen molar-refractivity contribution in [2.24, 2.45) is 0 Å². The summed E-state index contributed by atoms with van der Waals surface area (Å²) < 4.78 is 0. The third-order valence-electron chi connectivity index (χ3n) is 2.39. The molecule has 0 aliphatic heterocycles. The lowest BCUT2D eigenvalue weighted by Crippen LogP contribution is -2.09. The van der Waals surface area contributed by atoms with E-state index in [4.69, 9.17) is 5.26 Å². The monoisotopic (exact) mass is 246 g/mol. The van der Waals surface area contributed by atoms with Gasteiger partial charge < -0.3 is 5.32 Å². The quantitative estimate of drug-likeness (QED) is 0.786. The van der Waals surface area contributed by atoms with Crippen LogP contribution in [0.5, 0.6) is 0 Å². The van der Waals surface area contributed by atoms with Gasteiger partial charge in [-0.3, -0.25) is 4.79 Å². The van der Waals surface area contributed by atoms with E-state index in [1.54, 1.807) is 24.3 Å². The van der Waals surface area contributed by atoms with E-state index in [2.05, 4.69) is 17.2 Å². The van der Waals surface area contributed by atoms with Gasteiger partial charge in [0, 0.05) is 11.5 Å². The molecule has 19 heavy (non-hydrogen) atoms. The van der Waals surface area contributed by atoms with Crippen LogP contribution < -0.4 is 5.32 Å². The Bertz CT molecular complexity index is 688. The van der Waals surface area contributed by atoms with Crippen LogP contribution in [0.15, 0.2) is 54.6 Å². The second kappa shape index (κ2) is 6.05. The van der Waals surface area contributed by atoms with Crippen LogP contribution in [0.2, 0.25) is 0 Å². The smallest absolute Gasteiger partial charge is 0.300 e. The Morgan fingerprint density at radius 3 is 2.42 bits per heavy atom. The van der Waals surface area contributed by atoms with Crippen LogP contribution in [0.1, 0.15) is 11.1 Å². The van der Waals surface area contributed by atoms with Crippen molar-refractivity contribution in [1.29, 1.82) is 5.26 Å². The molecule has 0 heterocycles. The summed E-state index contributed by atoms with van der Waals surface area (Å²) in [5.74, 6) is 4.81. The summed E-state index contributed by atoms with van der Waals surface area (Å²) >= 11 is 0. The van der Waals surface area contributed by atoms with Crippen molar-refractivity contribution in [3.63, 3.8) is 0 Å². The first-order valence-electron chi connectivity index (χ1n) is 5.67. The lowest BCUT2D eigenvalue weighted by atomic mass is 10.2. The van der Waals surface area contributed by atoms with Crippen molar-refractivity contribution in [1.82, 2.24) is 0 Å². The summed E-state index contributed by atoms with van der Waals surface area (Å²) in [5, 5.41) is 11.5. The number of nitrogens with zero attached hydrogens (tertiary/aromatic N) is 1. The SMILES string of the molecule is N#Cc1ccccc1NC(=O)C#Cc1ccccc1. The van der Waals surface area contributed by atoms with Crippen LogP contribution in [0.25, 0.3) is 0 Å². The molecule has 90 valence electrons. The van der Waals surface area contributed by atoms with Crippen LogP contribution in [0.3, 0.4) is 0 Å². The summed E-state index contributed by atoms with van der Waals surface area (Å²) in [6.45, 7) is 0. The van der Waals surface area contributed by atoms with Gasteiger partial charge in [-0.1, -0.05) is 36.3 Å². The highest BCUT2D eigenvalue weighted by Gasteiger charge is 2.02. The van der Waals surface area contributed by atoms with Crippen molar-refractivity contribution < 1.29 is 4.79 Å². The van der Waals surface area contributed by atoms with E-state index in [0.717, 1.165) is 5.56 Å². The average Bonchev–Trinajstić information content (AvgIpc) is 2.47. The number of carbonyl (C=O) groups is 1. The van der Waals surface area contributed by atoms with Crippen molar-refractivity contribution in [2.75, 3.05) is 5.32 Å². The van der Waals surface area contributed by atoms with Crippen LogP contribution in [-0.4, -0.2) is 5.91 Å². The Labute approximate surface area is 111 Å². The van der Waals surface area contributed by atoms with E-state index in [0.29, 0.717) is 11.3 Å². The zero-order chi connectivity index (χ0) is 13.5. The maximum Gasteiger partial charge on any atom is 0.300 e. The Balaban J connectivity index is 2.11. The predicted octanol–water partition coefficient (Wildman–Crippen LogP) is 2.55. The second-order valence-electron chi connectivity index (χ2n) is 3.73. The van der Waals surface area contributed by atoms with Crippen molar-refractivity contribution in [2.45, 2.75) is 0 Å². The van der Waals surface area contributed by atoms with E-state index in [9.17, 15) is 4.79 Å². The zero-order valence-electron chi connectivity index (χ0n) is 10.1. The molecule has 0 aromatic heterocycles. The molecule has 3 heteroatoms. The van der Waals surface area contributed by atoms with Gasteiger partial charge >= 0.3 is 5.91 Å². The maximum absolute atomic E-state index is 11.7. The van der Waals surface area contributed by atoms with Crippen molar-refractivity contribution in [3.05, 3.63) is 65.7 Å². The Kier molecular flexibility index (Phi) is 3.95. The first-order valence-corrected chi connectivity index (χ1v) is 5.67. The van der Waals surface area contributed by atoms with Crippen LogP contribution in [0.4, 0.5) is 5.69 Å². The molecule has 0 aliphatic rings. The Hall–Kier alpha value is -3.04. The van der Waals surface area contributed by atoms with Gasteiger partial charge in [0.15, 0.2) is 0 Å². The molecule has 2 rings (SSSR count). The van der Waals surface area contributed by atoms with Crippen molar-refractivity contribution in [3.8, 4) is 17.9 Å². The van der Waals surface area contributed by atoms with Gasteiger partial charge in [0.05, 0.1) is 11.3 Å². The summed E-state index contributed by atoms with van der Waals surface area (Å²) in [6, 6.07) is 18.0. The van der Waals surface area contributed by atoms with Gasteiger partial charge in [-0.15, -0.1) is 0 Å². The second-order valence-corrected chi connectivity index (χ2v) is 3.73. The van der Waals surface area contributed by atoms with Gasteiger partial charge in [0.25, 0.3) is 0 Å². The summed E-state index contributed by atoms with van der Waals surface area (Å²) in [5.41, 5.74) is 1.65. The van der Waals surface area contributed by atoms with Gasteiger partial charge in [0.2, 0.25) is 0 Å². The molecule has 1 N–H and O–H groups in total. The average molecular weight is 246 g/mol. The Morgan fingerprint density at radius 1 is 1.00 bits per heavy atom. The van der Waals surface area contributed by atoms with Crippen LogP contribution in [0, 0.1) is 23.2 Å².